The molecule has 1 saturated carbocycles. The van der Waals surface area contributed by atoms with Gasteiger partial charge in [-0.25, -0.2) is 0 Å². The molecule has 0 aromatic heterocycles. The Morgan fingerprint density at radius 3 is 2.40 bits per heavy atom. The smallest absolute Gasteiger partial charge is 0.306 e. The molecule has 0 aromatic rings. The van der Waals surface area contributed by atoms with Crippen LogP contribution >= 0.6 is 0 Å². The van der Waals surface area contributed by atoms with Gasteiger partial charge in [0.05, 0.1) is 5.92 Å². The number of ether oxygens (including phenoxy) is 1. The minimum absolute atomic E-state index is 0.0816. The predicted molar refractivity (Wildman–Crippen MR) is 56.6 cm³/mol. The highest BCUT2D eigenvalue weighted by molar-refractivity contribution is 5.70. The third kappa shape index (κ3) is 2.51. The summed E-state index contributed by atoms with van der Waals surface area (Å²) in [5.74, 6) is 0.355. The van der Waals surface area contributed by atoms with E-state index in [1.807, 2.05) is 0 Å². The average molecular weight is 212 g/mol. The van der Waals surface area contributed by atoms with Crippen LogP contribution in [0.5, 0.6) is 0 Å². The van der Waals surface area contributed by atoms with E-state index in [1.165, 1.54) is 6.42 Å². The summed E-state index contributed by atoms with van der Waals surface area (Å²) in [5.41, 5.74) is 0. The standard InChI is InChI=1S/C12H20O3/c13-12(14)11-4-2-1-3-10(11)9-5-7-15-8-6-9/h9-11H,1-8H2,(H,13,14). The average Bonchev–Trinajstić information content (AvgIpc) is 2.30. The lowest BCUT2D eigenvalue weighted by atomic mass is 9.70. The molecule has 1 aliphatic carbocycles. The number of hydrogen-bond donors (Lipinski definition) is 1. The van der Waals surface area contributed by atoms with Crippen molar-refractivity contribution < 1.29 is 14.6 Å². The zero-order chi connectivity index (χ0) is 10.7. The van der Waals surface area contributed by atoms with Crippen LogP contribution in [-0.2, 0) is 9.53 Å². The van der Waals surface area contributed by atoms with E-state index < -0.39 is 5.97 Å². The van der Waals surface area contributed by atoms with E-state index >= 15 is 0 Å². The Balaban J connectivity index is 1.99. The molecule has 1 aliphatic heterocycles. The molecule has 2 unspecified atom stereocenters. The summed E-state index contributed by atoms with van der Waals surface area (Å²) >= 11 is 0. The highest BCUT2D eigenvalue weighted by Gasteiger charge is 2.36. The van der Waals surface area contributed by atoms with Crippen LogP contribution in [0.2, 0.25) is 0 Å². The van der Waals surface area contributed by atoms with Gasteiger partial charge in [-0.15, -0.1) is 0 Å². The van der Waals surface area contributed by atoms with Crippen molar-refractivity contribution in [3.8, 4) is 0 Å². The molecule has 86 valence electrons. The molecule has 1 N–H and O–H groups in total. The highest BCUT2D eigenvalue weighted by atomic mass is 16.5. The molecule has 0 amide bonds. The third-order valence-corrected chi connectivity index (χ3v) is 4.01. The van der Waals surface area contributed by atoms with Gasteiger partial charge in [-0.2, -0.15) is 0 Å². The van der Waals surface area contributed by atoms with Crippen LogP contribution in [0.15, 0.2) is 0 Å². The van der Waals surface area contributed by atoms with Crippen LogP contribution in [-0.4, -0.2) is 24.3 Å². The number of carboxylic acids is 1. The van der Waals surface area contributed by atoms with Gasteiger partial charge in [-0.1, -0.05) is 12.8 Å². The van der Waals surface area contributed by atoms with Gasteiger partial charge in [0.2, 0.25) is 0 Å². The second-order valence-corrected chi connectivity index (χ2v) is 4.84. The Kier molecular flexibility index (Phi) is 3.62. The lowest BCUT2D eigenvalue weighted by Crippen LogP contribution is -2.35. The Bertz CT molecular complexity index is 221. The Morgan fingerprint density at radius 2 is 1.73 bits per heavy atom. The van der Waals surface area contributed by atoms with Crippen molar-refractivity contribution in [2.24, 2.45) is 17.8 Å². The lowest BCUT2D eigenvalue weighted by Gasteiger charge is -2.36. The molecule has 2 atom stereocenters. The maximum absolute atomic E-state index is 11.2. The molecule has 15 heavy (non-hydrogen) atoms. The minimum atomic E-state index is -0.578. The zero-order valence-electron chi connectivity index (χ0n) is 9.15. The molecule has 1 heterocycles. The Labute approximate surface area is 90.8 Å². The summed E-state index contributed by atoms with van der Waals surface area (Å²) in [7, 11) is 0. The quantitative estimate of drug-likeness (QED) is 0.764. The normalized spacial score (nSPS) is 33.9. The molecule has 2 aliphatic rings. The highest BCUT2D eigenvalue weighted by Crippen LogP contribution is 2.39. The Morgan fingerprint density at radius 1 is 1.07 bits per heavy atom. The van der Waals surface area contributed by atoms with Gasteiger partial charge in [0.1, 0.15) is 0 Å². The zero-order valence-corrected chi connectivity index (χ0v) is 9.15. The molecule has 0 bridgehead atoms. The van der Waals surface area contributed by atoms with E-state index in [0.29, 0.717) is 11.8 Å². The van der Waals surface area contributed by atoms with Gasteiger partial charge >= 0.3 is 5.97 Å². The van der Waals surface area contributed by atoms with Crippen LogP contribution in [0.25, 0.3) is 0 Å². The Hall–Kier alpha value is -0.570. The second kappa shape index (κ2) is 4.97. The molecule has 0 aromatic carbocycles. The summed E-state index contributed by atoms with van der Waals surface area (Å²) in [5, 5.41) is 9.21. The van der Waals surface area contributed by atoms with Gasteiger partial charge < -0.3 is 9.84 Å². The molecule has 3 nitrogen and oxygen atoms in total. The predicted octanol–water partition coefficient (Wildman–Crippen LogP) is 2.30. The van der Waals surface area contributed by atoms with Crippen molar-refractivity contribution >= 4 is 5.97 Å². The fourth-order valence-corrected chi connectivity index (χ4v) is 3.17. The van der Waals surface area contributed by atoms with Gasteiger partial charge in [0.25, 0.3) is 0 Å². The molecule has 0 radical (unpaired) electrons. The van der Waals surface area contributed by atoms with Crippen molar-refractivity contribution in [3.05, 3.63) is 0 Å². The summed E-state index contributed by atoms with van der Waals surface area (Å²) in [6.07, 6.45) is 6.43. The number of hydrogen-bond acceptors (Lipinski definition) is 2. The maximum Gasteiger partial charge on any atom is 0.306 e. The number of rotatable bonds is 2. The van der Waals surface area contributed by atoms with Crippen LogP contribution in [0.4, 0.5) is 0 Å². The largest absolute Gasteiger partial charge is 0.481 e. The van der Waals surface area contributed by atoms with E-state index in [4.69, 9.17) is 4.74 Å². The molecule has 2 fully saturated rings. The van der Waals surface area contributed by atoms with Crippen molar-refractivity contribution in [1.29, 1.82) is 0 Å². The van der Waals surface area contributed by atoms with Crippen molar-refractivity contribution in [2.45, 2.75) is 38.5 Å². The third-order valence-electron chi connectivity index (χ3n) is 4.01. The molecule has 1 saturated heterocycles. The maximum atomic E-state index is 11.2. The first-order valence-corrected chi connectivity index (χ1v) is 6.09. The van der Waals surface area contributed by atoms with Gasteiger partial charge in [0.15, 0.2) is 0 Å². The molecule has 3 heteroatoms. The van der Waals surface area contributed by atoms with E-state index in [1.54, 1.807) is 0 Å². The van der Waals surface area contributed by atoms with Crippen molar-refractivity contribution in [3.63, 3.8) is 0 Å². The van der Waals surface area contributed by atoms with Crippen LogP contribution < -0.4 is 0 Å². The van der Waals surface area contributed by atoms with Crippen LogP contribution in [0, 0.1) is 17.8 Å². The lowest BCUT2D eigenvalue weighted by molar-refractivity contribution is -0.146. The SMILES string of the molecule is O=C(O)C1CCCCC1C1CCOCC1. The molecular formula is C12H20O3. The van der Waals surface area contributed by atoms with E-state index in [0.717, 1.165) is 45.3 Å². The summed E-state index contributed by atoms with van der Waals surface area (Å²) in [4.78, 5) is 11.2. The first-order chi connectivity index (χ1) is 7.29. The molecule has 0 spiro atoms. The van der Waals surface area contributed by atoms with Gasteiger partial charge in [0, 0.05) is 13.2 Å². The van der Waals surface area contributed by atoms with Crippen molar-refractivity contribution in [1.82, 2.24) is 0 Å². The minimum Gasteiger partial charge on any atom is -0.481 e. The van der Waals surface area contributed by atoms with E-state index in [-0.39, 0.29) is 5.92 Å². The second-order valence-electron chi connectivity index (χ2n) is 4.84. The number of aliphatic carboxylic acids is 1. The fraction of sp³-hybridized carbons (Fsp3) is 0.917. The van der Waals surface area contributed by atoms with E-state index in [9.17, 15) is 9.90 Å². The summed E-state index contributed by atoms with van der Waals surface area (Å²) in [6, 6.07) is 0. The van der Waals surface area contributed by atoms with Gasteiger partial charge in [-0.3, -0.25) is 4.79 Å². The van der Waals surface area contributed by atoms with Crippen LogP contribution in [0.1, 0.15) is 38.5 Å². The van der Waals surface area contributed by atoms with Crippen molar-refractivity contribution in [2.75, 3.05) is 13.2 Å². The number of carboxylic acid groups (broad SMARTS) is 1. The number of carbonyl (C=O) groups is 1. The fourth-order valence-electron chi connectivity index (χ4n) is 3.17. The summed E-state index contributed by atoms with van der Waals surface area (Å²) < 4.78 is 5.34. The first kappa shape index (κ1) is 10.9. The molecular weight excluding hydrogens is 192 g/mol. The van der Waals surface area contributed by atoms with E-state index in [2.05, 4.69) is 0 Å². The summed E-state index contributed by atoms with van der Waals surface area (Å²) in [6.45, 7) is 1.65. The topological polar surface area (TPSA) is 46.5 Å². The van der Waals surface area contributed by atoms with Gasteiger partial charge in [-0.05, 0) is 37.5 Å². The monoisotopic (exact) mass is 212 g/mol. The molecule has 2 rings (SSSR count). The van der Waals surface area contributed by atoms with Crippen LogP contribution in [0.3, 0.4) is 0 Å². The first-order valence-electron chi connectivity index (χ1n) is 6.09.